The van der Waals surface area contributed by atoms with E-state index in [0.717, 1.165) is 11.1 Å². The van der Waals surface area contributed by atoms with E-state index in [-0.39, 0.29) is 6.54 Å². The van der Waals surface area contributed by atoms with Crippen LogP contribution >= 0.6 is 0 Å². The van der Waals surface area contributed by atoms with Gasteiger partial charge in [0.05, 0.1) is 18.3 Å². The van der Waals surface area contributed by atoms with Gasteiger partial charge in [0.1, 0.15) is 0 Å². The van der Waals surface area contributed by atoms with Crippen LogP contribution in [-0.4, -0.2) is 22.3 Å². The van der Waals surface area contributed by atoms with Gasteiger partial charge in [-0.1, -0.05) is 6.07 Å². The van der Waals surface area contributed by atoms with Gasteiger partial charge in [-0.3, -0.25) is 0 Å². The highest BCUT2D eigenvalue weighted by Gasteiger charge is 2.26. The van der Waals surface area contributed by atoms with E-state index in [1.165, 1.54) is 0 Å². The van der Waals surface area contributed by atoms with Crippen LogP contribution in [0.3, 0.4) is 0 Å². The highest BCUT2D eigenvalue weighted by atomic mass is 19.4. The van der Waals surface area contributed by atoms with Crippen molar-refractivity contribution in [2.24, 2.45) is 0 Å². The molecule has 2 aromatic rings. The highest BCUT2D eigenvalue weighted by molar-refractivity contribution is 5.53. The molecule has 3 nitrogen and oxygen atoms in total. The van der Waals surface area contributed by atoms with Crippen LogP contribution in [0.25, 0.3) is 5.52 Å². The number of nitrogens with zero attached hydrogens (tertiary/aromatic N) is 2. The summed E-state index contributed by atoms with van der Waals surface area (Å²) in [6, 6.07) is 5.45. The second-order valence-electron chi connectivity index (χ2n) is 3.42. The van der Waals surface area contributed by atoms with Crippen LogP contribution in [0.4, 0.5) is 13.2 Å². The van der Waals surface area contributed by atoms with Crippen molar-refractivity contribution in [2.75, 3.05) is 6.54 Å². The van der Waals surface area contributed by atoms with E-state index in [1.54, 1.807) is 16.9 Å². The van der Waals surface area contributed by atoms with E-state index in [4.69, 9.17) is 0 Å². The fourth-order valence-corrected chi connectivity index (χ4v) is 1.46. The van der Waals surface area contributed by atoms with Crippen molar-refractivity contribution >= 4 is 5.52 Å². The molecule has 0 aliphatic carbocycles. The normalized spacial score (nSPS) is 12.2. The molecular weight excluding hydrogens is 219 g/mol. The third-order valence-corrected chi connectivity index (χ3v) is 2.15. The minimum Gasteiger partial charge on any atom is -0.304 e. The lowest BCUT2D eigenvalue weighted by molar-refractivity contribution is -0.125. The number of hydrogen-bond donors (Lipinski definition) is 1. The van der Waals surface area contributed by atoms with Crippen molar-refractivity contribution in [3.63, 3.8) is 0 Å². The van der Waals surface area contributed by atoms with Gasteiger partial charge >= 0.3 is 6.18 Å². The van der Waals surface area contributed by atoms with E-state index in [1.807, 2.05) is 18.2 Å². The van der Waals surface area contributed by atoms with Crippen LogP contribution in [0.2, 0.25) is 0 Å². The maximum Gasteiger partial charge on any atom is 0.401 e. The third kappa shape index (κ3) is 2.52. The number of hydrogen-bond acceptors (Lipinski definition) is 2. The lowest BCUT2D eigenvalue weighted by atomic mass is 10.2. The summed E-state index contributed by atoms with van der Waals surface area (Å²) in [7, 11) is 0. The summed E-state index contributed by atoms with van der Waals surface area (Å²) in [6.45, 7) is -0.829. The Hall–Kier alpha value is -1.56. The van der Waals surface area contributed by atoms with Crippen LogP contribution in [0, 0.1) is 0 Å². The molecule has 6 heteroatoms. The lowest BCUT2D eigenvalue weighted by Crippen LogP contribution is -2.28. The summed E-state index contributed by atoms with van der Waals surface area (Å²) in [6.07, 6.45) is -0.857. The van der Waals surface area contributed by atoms with Crippen molar-refractivity contribution in [2.45, 2.75) is 12.7 Å². The topological polar surface area (TPSA) is 29.3 Å². The molecular formula is C10H10F3N3. The number of nitrogens with one attached hydrogen (secondary N) is 1. The van der Waals surface area contributed by atoms with Crippen LogP contribution < -0.4 is 5.32 Å². The SMILES string of the molecule is FC(F)(F)CNCc1cnn2ccccc12. The second kappa shape index (κ2) is 4.13. The molecule has 0 saturated carbocycles. The summed E-state index contributed by atoms with van der Waals surface area (Å²) >= 11 is 0. The molecule has 0 unspecified atom stereocenters. The van der Waals surface area contributed by atoms with Crippen LogP contribution in [0.1, 0.15) is 5.56 Å². The number of aromatic nitrogens is 2. The van der Waals surface area contributed by atoms with E-state index in [2.05, 4.69) is 10.4 Å². The molecule has 0 amide bonds. The Labute approximate surface area is 89.9 Å². The maximum atomic E-state index is 11.9. The minimum atomic E-state index is -4.18. The first-order valence-electron chi connectivity index (χ1n) is 4.75. The Morgan fingerprint density at radius 1 is 1.31 bits per heavy atom. The van der Waals surface area contributed by atoms with Gasteiger partial charge in [-0.15, -0.1) is 0 Å². The summed E-state index contributed by atoms with van der Waals surface area (Å²) < 4.78 is 37.4. The predicted octanol–water partition coefficient (Wildman–Crippen LogP) is 1.99. The quantitative estimate of drug-likeness (QED) is 0.872. The van der Waals surface area contributed by atoms with Gasteiger partial charge in [-0.2, -0.15) is 18.3 Å². The summed E-state index contributed by atoms with van der Waals surface area (Å²) in [5, 5.41) is 6.37. The second-order valence-corrected chi connectivity index (χ2v) is 3.42. The van der Waals surface area contributed by atoms with Gasteiger partial charge in [-0.25, -0.2) is 4.52 Å². The molecule has 1 N–H and O–H groups in total. The number of alkyl halides is 3. The van der Waals surface area contributed by atoms with Crippen molar-refractivity contribution < 1.29 is 13.2 Å². The van der Waals surface area contributed by atoms with Crippen LogP contribution in [0.5, 0.6) is 0 Å². The van der Waals surface area contributed by atoms with Gasteiger partial charge in [-0.05, 0) is 12.1 Å². The molecule has 16 heavy (non-hydrogen) atoms. The molecule has 86 valence electrons. The van der Waals surface area contributed by atoms with Gasteiger partial charge in [0.25, 0.3) is 0 Å². The number of rotatable bonds is 3. The van der Waals surface area contributed by atoms with E-state index >= 15 is 0 Å². The zero-order chi connectivity index (χ0) is 11.6. The Bertz CT molecular complexity index is 475. The van der Waals surface area contributed by atoms with Gasteiger partial charge in [0.15, 0.2) is 0 Å². The van der Waals surface area contributed by atoms with Gasteiger partial charge in [0.2, 0.25) is 0 Å². The average Bonchev–Trinajstić information content (AvgIpc) is 2.60. The fourth-order valence-electron chi connectivity index (χ4n) is 1.46. The largest absolute Gasteiger partial charge is 0.401 e. The molecule has 0 saturated heterocycles. The molecule has 0 aromatic carbocycles. The highest BCUT2D eigenvalue weighted by Crippen LogP contribution is 2.14. The zero-order valence-corrected chi connectivity index (χ0v) is 8.33. The van der Waals surface area contributed by atoms with Crippen LogP contribution in [-0.2, 0) is 6.54 Å². The Morgan fingerprint density at radius 2 is 2.12 bits per heavy atom. The molecule has 2 rings (SSSR count). The number of halogens is 3. The Morgan fingerprint density at radius 3 is 2.88 bits per heavy atom. The first kappa shape index (κ1) is 10.9. The Kier molecular flexibility index (Phi) is 2.82. The van der Waals surface area contributed by atoms with Crippen LogP contribution in [0.15, 0.2) is 30.6 Å². The van der Waals surface area contributed by atoms with E-state index < -0.39 is 12.7 Å². The summed E-state index contributed by atoms with van der Waals surface area (Å²) in [5.41, 5.74) is 1.57. The van der Waals surface area contributed by atoms with Crippen molar-refractivity contribution in [3.8, 4) is 0 Å². The van der Waals surface area contributed by atoms with E-state index in [0.29, 0.717) is 0 Å². The fraction of sp³-hybridized carbons (Fsp3) is 0.300. The molecule has 0 atom stereocenters. The Balaban J connectivity index is 2.05. The van der Waals surface area contributed by atoms with Gasteiger partial charge < -0.3 is 5.32 Å². The molecule has 0 bridgehead atoms. The standard InChI is InChI=1S/C10H10F3N3/c11-10(12,13)7-14-5-8-6-15-16-4-2-1-3-9(8)16/h1-4,6,14H,5,7H2. The molecule has 0 aliphatic heterocycles. The molecule has 2 heterocycles. The molecule has 0 aliphatic rings. The summed E-state index contributed by atoms with van der Waals surface area (Å²) in [5.74, 6) is 0. The lowest BCUT2D eigenvalue weighted by Gasteiger charge is -2.06. The minimum absolute atomic E-state index is 0.160. The van der Waals surface area contributed by atoms with E-state index in [9.17, 15) is 13.2 Å². The first-order chi connectivity index (χ1) is 7.56. The smallest absolute Gasteiger partial charge is 0.304 e. The van der Waals surface area contributed by atoms with Gasteiger partial charge in [0, 0.05) is 18.3 Å². The third-order valence-electron chi connectivity index (χ3n) is 2.15. The molecule has 0 radical (unpaired) electrons. The first-order valence-corrected chi connectivity index (χ1v) is 4.75. The molecule has 2 aromatic heterocycles. The summed E-state index contributed by atoms with van der Waals surface area (Å²) in [4.78, 5) is 0. The number of pyridine rings is 1. The monoisotopic (exact) mass is 229 g/mol. The maximum absolute atomic E-state index is 11.9. The number of fused-ring (bicyclic) bond motifs is 1. The zero-order valence-electron chi connectivity index (χ0n) is 8.33. The van der Waals surface area contributed by atoms with Crippen molar-refractivity contribution in [1.82, 2.24) is 14.9 Å². The predicted molar refractivity (Wildman–Crippen MR) is 53.0 cm³/mol. The molecule has 0 fully saturated rings. The molecule has 0 spiro atoms. The van der Waals surface area contributed by atoms with Crippen molar-refractivity contribution in [1.29, 1.82) is 0 Å². The van der Waals surface area contributed by atoms with Crippen molar-refractivity contribution in [3.05, 3.63) is 36.2 Å². The average molecular weight is 229 g/mol.